The van der Waals surface area contributed by atoms with E-state index in [1.54, 1.807) is 0 Å². The topological polar surface area (TPSA) is 149 Å². The first-order valence-electron chi connectivity index (χ1n) is 23.2. The van der Waals surface area contributed by atoms with Crippen LogP contribution < -0.4 is 0 Å². The van der Waals surface area contributed by atoms with Crippen LogP contribution in [0.4, 0.5) is 0 Å². The number of carbonyl (C=O) groups is 2. The van der Waals surface area contributed by atoms with Gasteiger partial charge in [0, 0.05) is 12.8 Å². The Labute approximate surface area is 359 Å². The van der Waals surface area contributed by atoms with Crippen molar-refractivity contribution < 1.29 is 47.8 Å². The van der Waals surface area contributed by atoms with Crippen LogP contribution in [-0.4, -0.2) is 65.7 Å². The molecule has 0 aromatic heterocycles. The number of carbonyl (C=O) groups excluding carboxylic acids is 2. The van der Waals surface area contributed by atoms with Crippen molar-refractivity contribution in [1.29, 1.82) is 0 Å². The Morgan fingerprint density at radius 2 is 0.932 bits per heavy atom. The summed E-state index contributed by atoms with van der Waals surface area (Å²) in [6.45, 7) is 2.25. The lowest BCUT2D eigenvalue weighted by atomic mass is 10.0. The largest absolute Gasteiger partial charge is 0.472 e. The third kappa shape index (κ3) is 43.6. The highest BCUT2D eigenvalue weighted by Gasteiger charge is 2.27. The van der Waals surface area contributed by atoms with Crippen LogP contribution in [0.15, 0.2) is 60.8 Å². The highest BCUT2D eigenvalue weighted by Crippen LogP contribution is 2.43. The van der Waals surface area contributed by atoms with Gasteiger partial charge in [0.25, 0.3) is 0 Å². The van der Waals surface area contributed by atoms with Gasteiger partial charge >= 0.3 is 19.8 Å². The van der Waals surface area contributed by atoms with E-state index < -0.39 is 51.8 Å². The third-order valence-electron chi connectivity index (χ3n) is 9.69. The smallest absolute Gasteiger partial charge is 0.462 e. The molecule has 0 aliphatic heterocycles. The summed E-state index contributed by atoms with van der Waals surface area (Å²) >= 11 is 0. The van der Waals surface area contributed by atoms with Gasteiger partial charge in [-0.15, -0.1) is 0 Å². The monoisotopic (exact) mass is 853 g/mol. The second kappa shape index (κ2) is 43.7. The maximum Gasteiger partial charge on any atom is 0.472 e. The van der Waals surface area contributed by atoms with Gasteiger partial charge in [-0.3, -0.25) is 18.6 Å². The Morgan fingerprint density at radius 1 is 0.525 bits per heavy atom. The van der Waals surface area contributed by atoms with Crippen molar-refractivity contribution in [2.75, 3.05) is 26.4 Å². The Bertz CT molecular complexity index is 1160. The van der Waals surface area contributed by atoms with E-state index in [9.17, 15) is 24.2 Å². The van der Waals surface area contributed by atoms with Crippen LogP contribution in [0.5, 0.6) is 0 Å². The normalized spacial score (nSPS) is 14.3. The van der Waals surface area contributed by atoms with Crippen LogP contribution in [0, 0.1) is 0 Å². The maximum atomic E-state index is 12.6. The lowest BCUT2D eigenvalue weighted by Crippen LogP contribution is -2.29. The van der Waals surface area contributed by atoms with E-state index in [0.717, 1.165) is 83.5 Å². The summed E-state index contributed by atoms with van der Waals surface area (Å²) in [6.07, 6.45) is 48.9. The molecule has 0 amide bonds. The van der Waals surface area contributed by atoms with E-state index >= 15 is 0 Å². The fraction of sp³-hybridized carbons (Fsp3) is 0.750. The number of rotatable bonds is 43. The molecule has 0 bridgehead atoms. The summed E-state index contributed by atoms with van der Waals surface area (Å²) in [5.41, 5.74) is 0. The Kier molecular flexibility index (Phi) is 42.0. The summed E-state index contributed by atoms with van der Waals surface area (Å²) in [7, 11) is -4.63. The van der Waals surface area contributed by atoms with Crippen LogP contribution in [0.3, 0.4) is 0 Å². The molecular weight excluding hydrogens is 767 g/mol. The van der Waals surface area contributed by atoms with E-state index in [1.165, 1.54) is 70.6 Å². The molecule has 1 unspecified atom stereocenters. The van der Waals surface area contributed by atoms with Crippen LogP contribution in [0.25, 0.3) is 0 Å². The predicted molar refractivity (Wildman–Crippen MR) is 242 cm³/mol. The molecule has 0 aromatic rings. The molecule has 10 nitrogen and oxygen atoms in total. The minimum Gasteiger partial charge on any atom is -0.462 e. The fourth-order valence-electron chi connectivity index (χ4n) is 6.14. The van der Waals surface area contributed by atoms with E-state index in [-0.39, 0.29) is 19.4 Å². The average Bonchev–Trinajstić information content (AvgIpc) is 3.22. The Balaban J connectivity index is 4.29. The standard InChI is InChI=1S/C48H85O10P/c1-3-5-7-9-11-13-15-17-19-20-21-22-23-24-26-28-30-32-34-36-38-40-48(52)58-46(44-57-59(53,54)56-42-45(50)41-49)43-55-47(51)39-37-35-33-31-29-27-25-18-16-14-12-10-8-6-4-2/h5,7,11,13,17,19,21-22,24,26,45-46,49-50H,3-4,6,8-10,12,14-16,18,20,23,25,27-44H2,1-2H3,(H,53,54)/b7-5-,13-11-,19-17-,22-21-,26-24-/t45-,46+/m0/s1. The number of unbranched alkanes of at least 4 members (excludes halogenated alkanes) is 19. The van der Waals surface area contributed by atoms with Gasteiger partial charge in [-0.25, -0.2) is 4.57 Å². The van der Waals surface area contributed by atoms with Gasteiger partial charge in [0.2, 0.25) is 0 Å². The van der Waals surface area contributed by atoms with Crippen molar-refractivity contribution in [3.05, 3.63) is 60.8 Å². The predicted octanol–water partition coefficient (Wildman–Crippen LogP) is 12.7. The molecule has 0 rings (SSSR count). The number of hydrogen-bond donors (Lipinski definition) is 3. The number of aliphatic hydroxyl groups excluding tert-OH is 2. The molecule has 0 spiro atoms. The highest BCUT2D eigenvalue weighted by molar-refractivity contribution is 7.47. The molecule has 0 fully saturated rings. The molecule has 3 atom stereocenters. The lowest BCUT2D eigenvalue weighted by Gasteiger charge is -2.20. The van der Waals surface area contributed by atoms with Crippen molar-refractivity contribution in [3.8, 4) is 0 Å². The molecule has 11 heteroatoms. The molecule has 0 heterocycles. The zero-order valence-electron chi connectivity index (χ0n) is 37.2. The molecule has 0 aromatic carbocycles. The van der Waals surface area contributed by atoms with E-state index in [2.05, 4.69) is 74.6 Å². The summed E-state index contributed by atoms with van der Waals surface area (Å²) in [5, 5.41) is 18.4. The highest BCUT2D eigenvalue weighted by atomic mass is 31.2. The average molecular weight is 853 g/mol. The number of hydrogen-bond acceptors (Lipinski definition) is 9. The second-order valence-corrected chi connectivity index (χ2v) is 16.9. The van der Waals surface area contributed by atoms with E-state index in [1.807, 2.05) is 0 Å². The van der Waals surface area contributed by atoms with Crippen LogP contribution in [0.2, 0.25) is 0 Å². The zero-order chi connectivity index (χ0) is 43.3. The summed E-state index contributed by atoms with van der Waals surface area (Å²) < 4.78 is 32.8. The number of aliphatic hydroxyl groups is 2. The summed E-state index contributed by atoms with van der Waals surface area (Å²) in [4.78, 5) is 35.1. The summed E-state index contributed by atoms with van der Waals surface area (Å²) in [6, 6.07) is 0. The second-order valence-electron chi connectivity index (χ2n) is 15.4. The minimum absolute atomic E-state index is 0.161. The number of allylic oxidation sites excluding steroid dienone is 10. The first kappa shape index (κ1) is 56.7. The van der Waals surface area contributed by atoms with Crippen LogP contribution in [0.1, 0.15) is 194 Å². The van der Waals surface area contributed by atoms with Crippen molar-refractivity contribution in [2.24, 2.45) is 0 Å². The molecule has 3 N–H and O–H groups in total. The van der Waals surface area contributed by atoms with Gasteiger partial charge in [-0.1, -0.05) is 184 Å². The number of phosphoric acid groups is 1. The molecule has 0 saturated heterocycles. The number of esters is 2. The van der Waals surface area contributed by atoms with Gasteiger partial charge < -0.3 is 24.6 Å². The van der Waals surface area contributed by atoms with E-state index in [4.69, 9.17) is 23.6 Å². The van der Waals surface area contributed by atoms with Gasteiger partial charge in [0.15, 0.2) is 6.10 Å². The van der Waals surface area contributed by atoms with Gasteiger partial charge in [0.05, 0.1) is 19.8 Å². The quantitative estimate of drug-likeness (QED) is 0.0234. The molecule has 0 saturated carbocycles. The summed E-state index contributed by atoms with van der Waals surface area (Å²) in [5.74, 6) is -0.944. The van der Waals surface area contributed by atoms with Crippen molar-refractivity contribution in [2.45, 2.75) is 206 Å². The van der Waals surface area contributed by atoms with Gasteiger partial charge in [-0.2, -0.15) is 0 Å². The lowest BCUT2D eigenvalue weighted by molar-refractivity contribution is -0.161. The first-order chi connectivity index (χ1) is 28.7. The Hall–Kier alpha value is -2.33. The third-order valence-corrected chi connectivity index (χ3v) is 10.6. The molecule has 0 radical (unpaired) electrons. The molecule has 342 valence electrons. The van der Waals surface area contributed by atoms with Crippen molar-refractivity contribution >= 4 is 19.8 Å². The van der Waals surface area contributed by atoms with Gasteiger partial charge in [0.1, 0.15) is 12.7 Å². The SMILES string of the molecule is CC/C=C\C/C=C\C/C=C\C/C=C\C/C=C\CCCCCCCC(=O)O[C@H](COC(=O)CCCCCCCCCCCCCCCCC)COP(=O)(O)OC[C@@H](O)CO. The molecular formula is C48H85O10P. The minimum atomic E-state index is -4.63. The Morgan fingerprint density at radius 3 is 1.41 bits per heavy atom. The van der Waals surface area contributed by atoms with Crippen LogP contribution >= 0.6 is 7.82 Å². The number of phosphoric ester groups is 1. The maximum absolute atomic E-state index is 12.6. The van der Waals surface area contributed by atoms with Crippen LogP contribution in [-0.2, 0) is 32.7 Å². The molecule has 0 aliphatic carbocycles. The van der Waals surface area contributed by atoms with Crippen molar-refractivity contribution in [3.63, 3.8) is 0 Å². The van der Waals surface area contributed by atoms with E-state index in [0.29, 0.717) is 12.8 Å². The van der Waals surface area contributed by atoms with Gasteiger partial charge in [-0.05, 0) is 57.8 Å². The fourth-order valence-corrected chi connectivity index (χ4v) is 6.93. The zero-order valence-corrected chi connectivity index (χ0v) is 38.1. The van der Waals surface area contributed by atoms with Crippen molar-refractivity contribution in [1.82, 2.24) is 0 Å². The molecule has 0 aliphatic rings. The molecule has 59 heavy (non-hydrogen) atoms. The number of ether oxygens (including phenoxy) is 2. The first-order valence-corrected chi connectivity index (χ1v) is 24.7.